The van der Waals surface area contributed by atoms with E-state index in [0.29, 0.717) is 17.3 Å². The minimum atomic E-state index is 0.275. The van der Waals surface area contributed by atoms with Crippen LogP contribution in [0, 0.1) is 11.8 Å². The zero-order valence-corrected chi connectivity index (χ0v) is 13.3. The van der Waals surface area contributed by atoms with Crippen LogP contribution in [0.15, 0.2) is 0 Å². The van der Waals surface area contributed by atoms with E-state index >= 15 is 0 Å². The predicted octanol–water partition coefficient (Wildman–Crippen LogP) is 3.29. The van der Waals surface area contributed by atoms with E-state index in [-0.39, 0.29) is 6.61 Å². The van der Waals surface area contributed by atoms with E-state index in [9.17, 15) is 5.11 Å². The Labute approximate surface area is 117 Å². The number of aliphatic hydroxyl groups excluding tert-OH is 1. The van der Waals surface area contributed by atoms with Crippen molar-refractivity contribution in [1.29, 1.82) is 0 Å². The first kappa shape index (κ1) is 16.3. The fourth-order valence-corrected chi connectivity index (χ4v) is 3.87. The standard InChI is InChI=1S/C15H31NOS/c1-11(2)8-13-6-5-7-14(9-13)16-12(3)15(10-17)18-4/h11-17H,5-10H2,1-4H3. The van der Waals surface area contributed by atoms with Gasteiger partial charge in [-0.05, 0) is 44.3 Å². The van der Waals surface area contributed by atoms with Gasteiger partial charge < -0.3 is 10.4 Å². The lowest BCUT2D eigenvalue weighted by molar-refractivity contribution is 0.225. The summed E-state index contributed by atoms with van der Waals surface area (Å²) in [5.74, 6) is 1.73. The van der Waals surface area contributed by atoms with Gasteiger partial charge >= 0.3 is 0 Å². The molecule has 108 valence electrons. The highest BCUT2D eigenvalue weighted by molar-refractivity contribution is 7.99. The van der Waals surface area contributed by atoms with Crippen molar-refractivity contribution in [1.82, 2.24) is 5.32 Å². The Morgan fingerprint density at radius 2 is 2.00 bits per heavy atom. The molecular weight excluding hydrogens is 242 g/mol. The summed E-state index contributed by atoms with van der Waals surface area (Å²) >= 11 is 1.77. The number of hydrogen-bond acceptors (Lipinski definition) is 3. The van der Waals surface area contributed by atoms with Crippen LogP contribution in [0.3, 0.4) is 0 Å². The van der Waals surface area contributed by atoms with Gasteiger partial charge in [-0.1, -0.05) is 26.7 Å². The molecule has 0 bridgehead atoms. The fourth-order valence-electron chi connectivity index (χ4n) is 3.24. The minimum Gasteiger partial charge on any atom is -0.395 e. The third kappa shape index (κ3) is 5.50. The first-order valence-corrected chi connectivity index (χ1v) is 8.75. The molecule has 1 aliphatic rings. The van der Waals surface area contributed by atoms with Gasteiger partial charge in [0.15, 0.2) is 0 Å². The molecule has 0 aliphatic heterocycles. The van der Waals surface area contributed by atoms with E-state index in [1.807, 2.05) is 0 Å². The molecule has 0 amide bonds. The van der Waals surface area contributed by atoms with Gasteiger partial charge in [0.25, 0.3) is 0 Å². The summed E-state index contributed by atoms with van der Waals surface area (Å²) in [6, 6.07) is 1.08. The number of aliphatic hydroxyl groups is 1. The van der Waals surface area contributed by atoms with Crippen molar-refractivity contribution in [2.45, 2.75) is 70.2 Å². The van der Waals surface area contributed by atoms with Crippen molar-refractivity contribution in [2.75, 3.05) is 12.9 Å². The van der Waals surface area contributed by atoms with Crippen molar-refractivity contribution < 1.29 is 5.11 Å². The average molecular weight is 273 g/mol. The summed E-state index contributed by atoms with van der Waals surface area (Å²) in [5.41, 5.74) is 0. The number of thioether (sulfide) groups is 1. The summed E-state index contributed by atoms with van der Waals surface area (Å²) in [5, 5.41) is 13.4. The van der Waals surface area contributed by atoms with Crippen LogP contribution in [0.4, 0.5) is 0 Å². The van der Waals surface area contributed by atoms with Crippen molar-refractivity contribution in [3.63, 3.8) is 0 Å². The first-order valence-electron chi connectivity index (χ1n) is 7.46. The van der Waals surface area contributed by atoms with Crippen LogP contribution in [0.5, 0.6) is 0 Å². The summed E-state index contributed by atoms with van der Waals surface area (Å²) in [4.78, 5) is 0. The van der Waals surface area contributed by atoms with Gasteiger partial charge in [0.2, 0.25) is 0 Å². The van der Waals surface area contributed by atoms with E-state index in [2.05, 4.69) is 32.3 Å². The highest BCUT2D eigenvalue weighted by Crippen LogP contribution is 2.30. The van der Waals surface area contributed by atoms with Crippen LogP contribution in [0.25, 0.3) is 0 Å². The molecule has 18 heavy (non-hydrogen) atoms. The van der Waals surface area contributed by atoms with E-state index < -0.39 is 0 Å². The Morgan fingerprint density at radius 3 is 2.56 bits per heavy atom. The maximum absolute atomic E-state index is 9.34. The molecule has 1 fully saturated rings. The Balaban J connectivity index is 2.37. The van der Waals surface area contributed by atoms with Crippen molar-refractivity contribution >= 4 is 11.8 Å². The van der Waals surface area contributed by atoms with Crippen molar-refractivity contribution in [3.8, 4) is 0 Å². The first-order chi connectivity index (χ1) is 8.56. The van der Waals surface area contributed by atoms with Crippen LogP contribution in [0.2, 0.25) is 0 Å². The molecule has 0 saturated heterocycles. The van der Waals surface area contributed by atoms with Gasteiger partial charge in [0.1, 0.15) is 0 Å². The molecule has 0 radical (unpaired) electrons. The number of nitrogens with one attached hydrogen (secondary N) is 1. The van der Waals surface area contributed by atoms with Gasteiger partial charge in [-0.25, -0.2) is 0 Å². The molecule has 1 aliphatic carbocycles. The third-order valence-corrected chi connectivity index (χ3v) is 5.29. The fraction of sp³-hybridized carbons (Fsp3) is 1.00. The quantitative estimate of drug-likeness (QED) is 0.746. The van der Waals surface area contributed by atoms with Gasteiger partial charge in [-0.2, -0.15) is 11.8 Å². The molecule has 2 N–H and O–H groups in total. The Morgan fingerprint density at radius 1 is 1.28 bits per heavy atom. The maximum Gasteiger partial charge on any atom is 0.0564 e. The maximum atomic E-state index is 9.34. The molecule has 0 aromatic rings. The lowest BCUT2D eigenvalue weighted by Gasteiger charge is -2.34. The topological polar surface area (TPSA) is 32.3 Å². The molecule has 0 aromatic heterocycles. The largest absolute Gasteiger partial charge is 0.395 e. The molecule has 4 atom stereocenters. The molecule has 1 rings (SSSR count). The van der Waals surface area contributed by atoms with E-state index in [0.717, 1.165) is 11.8 Å². The Kier molecular flexibility index (Phi) is 7.66. The molecule has 3 heteroatoms. The van der Waals surface area contributed by atoms with E-state index in [1.54, 1.807) is 11.8 Å². The molecule has 0 aromatic carbocycles. The van der Waals surface area contributed by atoms with Crippen LogP contribution in [0.1, 0.15) is 52.9 Å². The zero-order chi connectivity index (χ0) is 13.5. The Bertz CT molecular complexity index is 219. The van der Waals surface area contributed by atoms with Gasteiger partial charge in [-0.3, -0.25) is 0 Å². The van der Waals surface area contributed by atoms with Crippen LogP contribution in [-0.2, 0) is 0 Å². The van der Waals surface area contributed by atoms with E-state index in [1.165, 1.54) is 32.1 Å². The third-order valence-electron chi connectivity index (χ3n) is 4.13. The monoisotopic (exact) mass is 273 g/mol. The van der Waals surface area contributed by atoms with Crippen LogP contribution < -0.4 is 5.32 Å². The second kappa shape index (κ2) is 8.44. The lowest BCUT2D eigenvalue weighted by Crippen LogP contribution is -2.45. The summed E-state index contributed by atoms with van der Waals surface area (Å²) < 4.78 is 0. The zero-order valence-electron chi connectivity index (χ0n) is 12.5. The van der Waals surface area contributed by atoms with Crippen molar-refractivity contribution in [3.05, 3.63) is 0 Å². The molecule has 1 saturated carbocycles. The predicted molar refractivity (Wildman–Crippen MR) is 82.2 cm³/mol. The normalized spacial score (nSPS) is 28.3. The second-order valence-corrected chi connectivity index (χ2v) is 7.35. The molecule has 0 spiro atoms. The van der Waals surface area contributed by atoms with Crippen LogP contribution in [-0.4, -0.2) is 35.3 Å². The number of rotatable bonds is 7. The smallest absolute Gasteiger partial charge is 0.0564 e. The number of hydrogen-bond donors (Lipinski definition) is 2. The van der Waals surface area contributed by atoms with Crippen molar-refractivity contribution in [2.24, 2.45) is 11.8 Å². The summed E-state index contributed by atoms with van der Waals surface area (Å²) in [7, 11) is 0. The summed E-state index contributed by atoms with van der Waals surface area (Å²) in [6.45, 7) is 7.14. The molecular formula is C15H31NOS. The van der Waals surface area contributed by atoms with Gasteiger partial charge in [0, 0.05) is 17.3 Å². The highest BCUT2D eigenvalue weighted by Gasteiger charge is 2.25. The average Bonchev–Trinajstić information content (AvgIpc) is 2.30. The molecule has 2 nitrogen and oxygen atoms in total. The molecule has 4 unspecified atom stereocenters. The SMILES string of the molecule is CSC(CO)C(C)NC1CCCC(CC(C)C)C1. The van der Waals surface area contributed by atoms with Gasteiger partial charge in [0.05, 0.1) is 6.61 Å². The summed E-state index contributed by atoms with van der Waals surface area (Å²) in [6.07, 6.45) is 8.88. The highest BCUT2D eigenvalue weighted by atomic mass is 32.2. The van der Waals surface area contributed by atoms with Gasteiger partial charge in [-0.15, -0.1) is 0 Å². The second-order valence-electron chi connectivity index (χ2n) is 6.27. The molecule has 0 heterocycles. The minimum absolute atomic E-state index is 0.275. The lowest BCUT2D eigenvalue weighted by atomic mass is 9.81. The van der Waals surface area contributed by atoms with E-state index in [4.69, 9.17) is 0 Å². The van der Waals surface area contributed by atoms with Crippen LogP contribution >= 0.6 is 11.8 Å². The Hall–Kier alpha value is 0.270.